The van der Waals surface area contributed by atoms with Crippen molar-refractivity contribution in [2.75, 3.05) is 5.32 Å². The zero-order chi connectivity index (χ0) is 19.9. The van der Waals surface area contributed by atoms with Crippen LogP contribution < -0.4 is 10.6 Å². The quantitative estimate of drug-likeness (QED) is 0.548. The fourth-order valence-electron chi connectivity index (χ4n) is 2.57. The van der Waals surface area contributed by atoms with E-state index in [4.69, 9.17) is 0 Å². The van der Waals surface area contributed by atoms with E-state index in [1.165, 1.54) is 0 Å². The van der Waals surface area contributed by atoms with Crippen molar-refractivity contribution in [2.45, 2.75) is 46.6 Å². The summed E-state index contributed by atoms with van der Waals surface area (Å²) in [7, 11) is 0. The van der Waals surface area contributed by atoms with Crippen LogP contribution in [0.4, 0.5) is 10.5 Å². The van der Waals surface area contributed by atoms with E-state index >= 15 is 0 Å². The number of carboxylic acid groups (broad SMARTS) is 1. The highest BCUT2D eigenvalue weighted by molar-refractivity contribution is 9.10. The number of nitrogens with one attached hydrogen (secondary N) is 2. The van der Waals surface area contributed by atoms with Gasteiger partial charge in [0.05, 0.1) is 12.0 Å². The maximum atomic E-state index is 12.6. The number of benzene rings is 1. The van der Waals surface area contributed by atoms with Crippen molar-refractivity contribution >= 4 is 39.4 Å². The van der Waals surface area contributed by atoms with E-state index < -0.39 is 24.0 Å². The molecule has 6 nitrogen and oxygen atoms in total. The van der Waals surface area contributed by atoms with Crippen molar-refractivity contribution in [1.29, 1.82) is 0 Å². The third-order valence-electron chi connectivity index (χ3n) is 4.05. The third-order valence-corrected chi connectivity index (χ3v) is 4.57. The third kappa shape index (κ3) is 7.56. The molecule has 1 aromatic carbocycles. The van der Waals surface area contributed by atoms with E-state index in [0.717, 1.165) is 4.47 Å². The number of hydrogen-bond acceptors (Lipinski definition) is 3. The van der Waals surface area contributed by atoms with Gasteiger partial charge in [-0.1, -0.05) is 43.6 Å². The van der Waals surface area contributed by atoms with Crippen LogP contribution in [-0.2, 0) is 9.59 Å². The Kier molecular flexibility index (Phi) is 8.78. The van der Waals surface area contributed by atoms with Crippen LogP contribution in [0.15, 0.2) is 28.7 Å². The molecule has 144 valence electrons. The number of halogens is 1. The summed E-state index contributed by atoms with van der Waals surface area (Å²) in [4.78, 5) is 36.2. The molecule has 0 unspecified atom stereocenters. The van der Waals surface area contributed by atoms with Crippen molar-refractivity contribution < 1.29 is 19.5 Å². The van der Waals surface area contributed by atoms with Crippen LogP contribution in [0.5, 0.6) is 0 Å². The Morgan fingerprint density at radius 3 is 2.12 bits per heavy atom. The van der Waals surface area contributed by atoms with Gasteiger partial charge in [-0.2, -0.15) is 0 Å². The molecule has 0 aliphatic carbocycles. The molecule has 7 heteroatoms. The maximum Gasteiger partial charge on any atom is 0.319 e. The molecule has 2 amide bonds. The van der Waals surface area contributed by atoms with Crippen LogP contribution in [0, 0.1) is 17.8 Å². The minimum absolute atomic E-state index is 0.0943. The van der Waals surface area contributed by atoms with Gasteiger partial charge in [0.1, 0.15) is 0 Å². The highest BCUT2D eigenvalue weighted by atomic mass is 79.9. The van der Waals surface area contributed by atoms with Gasteiger partial charge in [0.25, 0.3) is 0 Å². The monoisotopic (exact) mass is 426 g/mol. The first-order valence-electron chi connectivity index (χ1n) is 8.68. The fourth-order valence-corrected chi connectivity index (χ4v) is 2.83. The minimum Gasteiger partial charge on any atom is -0.481 e. The van der Waals surface area contributed by atoms with Crippen molar-refractivity contribution in [3.8, 4) is 0 Å². The van der Waals surface area contributed by atoms with Gasteiger partial charge in [0, 0.05) is 16.6 Å². The predicted molar refractivity (Wildman–Crippen MR) is 105 cm³/mol. The van der Waals surface area contributed by atoms with Crippen molar-refractivity contribution in [3.63, 3.8) is 0 Å². The lowest BCUT2D eigenvalue weighted by Crippen LogP contribution is -2.45. The topological polar surface area (TPSA) is 95.5 Å². The number of carbonyl (C=O) groups excluding carboxylic acids is 2. The molecular formula is C19H27BrN2O4. The van der Waals surface area contributed by atoms with Crippen molar-refractivity contribution in [1.82, 2.24) is 5.32 Å². The summed E-state index contributed by atoms with van der Waals surface area (Å²) in [6.07, 6.45) is 0.361. The normalized spacial score (nSPS) is 13.3. The average Bonchev–Trinajstić information content (AvgIpc) is 2.52. The van der Waals surface area contributed by atoms with Crippen LogP contribution >= 0.6 is 15.9 Å². The number of aliphatic carboxylic acids is 1. The van der Waals surface area contributed by atoms with Gasteiger partial charge in [-0.25, -0.2) is 4.79 Å². The van der Waals surface area contributed by atoms with E-state index in [1.54, 1.807) is 38.1 Å². The number of carbonyl (C=O) groups is 3. The Labute approximate surface area is 162 Å². The molecule has 0 aliphatic heterocycles. The minimum atomic E-state index is -0.990. The summed E-state index contributed by atoms with van der Waals surface area (Å²) in [5, 5.41) is 14.7. The van der Waals surface area contributed by atoms with Crippen LogP contribution in [0.1, 0.15) is 40.5 Å². The molecule has 3 N–H and O–H groups in total. The summed E-state index contributed by atoms with van der Waals surface area (Å²) >= 11 is 3.32. The van der Waals surface area contributed by atoms with E-state index in [2.05, 4.69) is 26.6 Å². The van der Waals surface area contributed by atoms with E-state index in [0.29, 0.717) is 12.1 Å². The van der Waals surface area contributed by atoms with E-state index in [1.807, 2.05) is 13.8 Å². The molecule has 0 radical (unpaired) electrons. The number of rotatable bonds is 9. The van der Waals surface area contributed by atoms with E-state index in [-0.39, 0.29) is 24.0 Å². The zero-order valence-electron chi connectivity index (χ0n) is 15.6. The summed E-state index contributed by atoms with van der Waals surface area (Å²) in [5.41, 5.74) is 0.604. The summed E-state index contributed by atoms with van der Waals surface area (Å²) in [5.74, 6) is -1.98. The fraction of sp³-hybridized carbons (Fsp3) is 0.526. The Hall–Kier alpha value is -1.89. The van der Waals surface area contributed by atoms with Crippen LogP contribution in [0.2, 0.25) is 0 Å². The van der Waals surface area contributed by atoms with Gasteiger partial charge in [0.2, 0.25) is 0 Å². The van der Waals surface area contributed by atoms with Crippen LogP contribution in [0.25, 0.3) is 0 Å². The van der Waals surface area contributed by atoms with Crippen LogP contribution in [0.3, 0.4) is 0 Å². The largest absolute Gasteiger partial charge is 0.481 e. The van der Waals surface area contributed by atoms with Gasteiger partial charge >= 0.3 is 12.0 Å². The molecule has 2 atom stereocenters. The first-order valence-corrected chi connectivity index (χ1v) is 9.48. The second-order valence-electron chi connectivity index (χ2n) is 7.15. The predicted octanol–water partition coefficient (Wildman–Crippen LogP) is 4.30. The van der Waals surface area contributed by atoms with Gasteiger partial charge in [-0.05, 0) is 42.5 Å². The highest BCUT2D eigenvalue weighted by Crippen LogP contribution is 2.19. The lowest BCUT2D eigenvalue weighted by Gasteiger charge is -2.23. The first-order chi connectivity index (χ1) is 12.1. The van der Waals surface area contributed by atoms with Crippen molar-refractivity contribution in [2.24, 2.45) is 17.8 Å². The first kappa shape index (κ1) is 22.2. The molecule has 0 saturated carbocycles. The van der Waals surface area contributed by atoms with Gasteiger partial charge in [-0.15, -0.1) is 0 Å². The summed E-state index contributed by atoms with van der Waals surface area (Å²) in [6, 6.07) is 5.87. The van der Waals surface area contributed by atoms with Crippen molar-refractivity contribution in [3.05, 3.63) is 28.7 Å². The summed E-state index contributed by atoms with van der Waals surface area (Å²) in [6.45, 7) is 7.45. The van der Waals surface area contributed by atoms with Gasteiger partial charge < -0.3 is 15.7 Å². The zero-order valence-corrected chi connectivity index (χ0v) is 17.2. The lowest BCUT2D eigenvalue weighted by molar-refractivity contribution is -0.145. The number of Topliss-reactive ketones (excluding diaryl/α,β-unsaturated/α-hetero) is 1. The van der Waals surface area contributed by atoms with Gasteiger partial charge in [0.15, 0.2) is 5.78 Å². The lowest BCUT2D eigenvalue weighted by atomic mass is 9.87. The molecule has 0 aliphatic rings. The van der Waals surface area contributed by atoms with Gasteiger partial charge in [-0.3, -0.25) is 9.59 Å². The average molecular weight is 427 g/mol. The number of amides is 2. The molecule has 0 spiro atoms. The maximum absolute atomic E-state index is 12.6. The standard InChI is InChI=1S/C19H27BrN2O4/c1-11(2)9-16(17(23)10-15(12(3)4)18(24)25)22-19(26)21-14-7-5-13(20)6-8-14/h5-8,11-12,15-16H,9-10H2,1-4H3,(H,24,25)(H2,21,22,26)/t15-,16-/m0/s1. The Balaban J connectivity index is 2.78. The Morgan fingerprint density at radius 1 is 1.08 bits per heavy atom. The number of carboxylic acids is 1. The number of hydrogen-bond donors (Lipinski definition) is 3. The molecule has 26 heavy (non-hydrogen) atoms. The molecule has 0 aromatic heterocycles. The molecular weight excluding hydrogens is 400 g/mol. The van der Waals surface area contributed by atoms with Crippen LogP contribution in [-0.4, -0.2) is 28.9 Å². The highest BCUT2D eigenvalue weighted by Gasteiger charge is 2.29. The Morgan fingerprint density at radius 2 is 1.65 bits per heavy atom. The number of ketones is 1. The molecule has 0 heterocycles. The van der Waals surface area contributed by atoms with E-state index in [9.17, 15) is 19.5 Å². The summed E-state index contributed by atoms with van der Waals surface area (Å²) < 4.78 is 0.893. The second-order valence-corrected chi connectivity index (χ2v) is 8.06. The second kappa shape index (κ2) is 10.3. The molecule has 0 fully saturated rings. The number of anilines is 1. The Bertz CT molecular complexity index is 629. The smallest absolute Gasteiger partial charge is 0.319 e. The molecule has 0 saturated heterocycles. The molecule has 1 aromatic rings. The molecule has 1 rings (SSSR count). The molecule has 0 bridgehead atoms. The number of urea groups is 1. The SMILES string of the molecule is CC(C)C[C@H](NC(=O)Nc1ccc(Br)cc1)C(=O)C[C@H](C(=O)O)C(C)C.